The van der Waals surface area contributed by atoms with Crippen molar-refractivity contribution in [3.05, 3.63) is 143 Å². The van der Waals surface area contributed by atoms with Gasteiger partial charge in [-0.2, -0.15) is 9.59 Å². The fraction of sp³-hybridized carbons (Fsp3) is 0.400. The predicted octanol–water partition coefficient (Wildman–Crippen LogP) is 4.57. The molecular formula is C50H67N2O10+. The Bertz CT molecular complexity index is 1970. The van der Waals surface area contributed by atoms with E-state index in [0.29, 0.717) is 23.7 Å². The Balaban J connectivity index is 0.000000463. The number of hydrogen-bond acceptors (Lipinski definition) is 10. The van der Waals surface area contributed by atoms with Crippen molar-refractivity contribution in [2.24, 2.45) is 11.8 Å². The van der Waals surface area contributed by atoms with E-state index in [4.69, 9.17) is 28.5 Å². The second-order valence-corrected chi connectivity index (χ2v) is 15.7. The van der Waals surface area contributed by atoms with E-state index in [0.717, 1.165) is 29.2 Å². The van der Waals surface area contributed by atoms with Crippen LogP contribution in [0, 0.1) is 25.7 Å². The number of rotatable bonds is 18. The molecule has 0 spiro atoms. The normalized spacial score (nSPS) is 12.7. The molecule has 0 aliphatic rings. The lowest BCUT2D eigenvalue weighted by molar-refractivity contribution is -0.862. The van der Waals surface area contributed by atoms with Crippen molar-refractivity contribution >= 4 is 24.1 Å². The molecule has 0 fully saturated rings. The van der Waals surface area contributed by atoms with Crippen LogP contribution in [0.15, 0.2) is 110 Å². The van der Waals surface area contributed by atoms with Crippen molar-refractivity contribution in [1.82, 2.24) is 0 Å². The molecule has 12 heteroatoms. The molecule has 0 amide bonds. The number of nitrogens with one attached hydrogen (secondary N) is 2. The first-order chi connectivity index (χ1) is 29.4. The van der Waals surface area contributed by atoms with Crippen LogP contribution in [0.3, 0.4) is 0 Å². The number of carboxylic acid groups (broad SMARTS) is 1. The second kappa shape index (κ2) is 29.2. The van der Waals surface area contributed by atoms with Gasteiger partial charge in [0.2, 0.25) is 0 Å². The van der Waals surface area contributed by atoms with Crippen molar-refractivity contribution < 1.29 is 57.8 Å². The Kier molecular flexibility index (Phi) is 25.4. The quantitative estimate of drug-likeness (QED) is 0.108. The van der Waals surface area contributed by atoms with E-state index in [2.05, 4.69) is 85.9 Å². The summed E-state index contributed by atoms with van der Waals surface area (Å²) in [6, 6.07) is 29.8. The zero-order chi connectivity index (χ0) is 46.8. The maximum absolute atomic E-state index is 12.0. The predicted molar refractivity (Wildman–Crippen MR) is 237 cm³/mol. The third kappa shape index (κ3) is 20.0. The van der Waals surface area contributed by atoms with Gasteiger partial charge in [0, 0.05) is 17.8 Å². The molecule has 4 rings (SSSR count). The average Bonchev–Trinajstić information content (AvgIpc) is 3.23. The molecular weight excluding hydrogens is 789 g/mol. The zero-order valence-electron chi connectivity index (χ0n) is 38.3. The van der Waals surface area contributed by atoms with Gasteiger partial charge in [-0.1, -0.05) is 86.5 Å². The van der Waals surface area contributed by atoms with Crippen LogP contribution in [0.25, 0.3) is 0 Å². The summed E-state index contributed by atoms with van der Waals surface area (Å²) in [6.45, 7) is 16.3. The van der Waals surface area contributed by atoms with Gasteiger partial charge >= 0.3 is 18.1 Å². The summed E-state index contributed by atoms with van der Waals surface area (Å²) in [4.78, 5) is 54.2. The zero-order valence-corrected chi connectivity index (χ0v) is 38.3. The van der Waals surface area contributed by atoms with Gasteiger partial charge in [-0.25, -0.2) is 9.59 Å². The topological polar surface area (TPSA) is 154 Å². The molecule has 336 valence electrons. The Hall–Kier alpha value is -6.07. The standard InChI is InChI=1S/C19H18O6.C15H25NO.C15H23NO.CO2/c1-12-3-7-14(8-4-12)18(22)24-11-16(17(20)21)25-19(23)15-9-5-13(2)6-10-15;2*1-6-15(12(2)11-16(3)4)13-8-7-9-14(10-13)17-5;2-1-3/h3-10,16H,11H2,1-2H3,(H,20,21);7-10,12,15H,6,11H2,1-5H3;6-10,12,15H,1,11H2,2-5H3;/p+1/t16-;2*12-,15+;/m100./s1. The van der Waals surface area contributed by atoms with E-state index in [1.165, 1.54) is 46.0 Å². The minimum Gasteiger partial charge on any atom is -0.546 e. The molecule has 0 unspecified atom stereocenters. The Morgan fingerprint density at radius 1 is 0.710 bits per heavy atom. The van der Waals surface area contributed by atoms with E-state index < -0.39 is 30.6 Å². The molecule has 5 atom stereocenters. The average molecular weight is 856 g/mol. The number of aliphatic carboxylic acids is 1. The molecule has 62 heavy (non-hydrogen) atoms. The molecule has 0 aliphatic carbocycles. The molecule has 0 saturated heterocycles. The maximum atomic E-state index is 12.0. The minimum atomic E-state index is -1.69. The third-order valence-electron chi connectivity index (χ3n) is 9.91. The van der Waals surface area contributed by atoms with E-state index in [1.54, 1.807) is 50.6 Å². The number of esters is 2. The van der Waals surface area contributed by atoms with Crippen LogP contribution < -0.4 is 24.4 Å². The molecule has 0 aliphatic heterocycles. The largest absolute Gasteiger partial charge is 0.546 e. The first-order valence-corrected chi connectivity index (χ1v) is 20.6. The maximum Gasteiger partial charge on any atom is 0.373 e. The highest BCUT2D eigenvalue weighted by Crippen LogP contribution is 2.30. The number of hydrogen-bond donors (Lipinski definition) is 2. The number of quaternary nitrogens is 2. The Morgan fingerprint density at radius 2 is 1.15 bits per heavy atom. The molecule has 0 radical (unpaired) electrons. The Morgan fingerprint density at radius 3 is 1.56 bits per heavy atom. The molecule has 0 aromatic heterocycles. The van der Waals surface area contributed by atoms with Crippen LogP contribution in [-0.4, -0.2) is 92.3 Å². The van der Waals surface area contributed by atoms with Gasteiger partial charge in [0.1, 0.15) is 18.1 Å². The monoisotopic (exact) mass is 855 g/mol. The van der Waals surface area contributed by atoms with Gasteiger partial charge in [0.25, 0.3) is 0 Å². The van der Waals surface area contributed by atoms with Gasteiger partial charge in [-0.05, 0) is 85.8 Å². The van der Waals surface area contributed by atoms with Crippen LogP contribution in [0.2, 0.25) is 0 Å². The summed E-state index contributed by atoms with van der Waals surface area (Å²) >= 11 is 0. The van der Waals surface area contributed by atoms with Gasteiger partial charge in [0.15, 0.2) is 6.10 Å². The number of ether oxygens (including phenoxy) is 4. The van der Waals surface area contributed by atoms with Crippen molar-refractivity contribution in [2.75, 3.05) is 62.1 Å². The van der Waals surface area contributed by atoms with Crippen molar-refractivity contribution in [2.45, 2.75) is 59.0 Å². The lowest BCUT2D eigenvalue weighted by atomic mass is 9.85. The summed E-state index contributed by atoms with van der Waals surface area (Å²) in [7, 11) is 12.2. The van der Waals surface area contributed by atoms with Crippen LogP contribution in [-0.2, 0) is 23.9 Å². The first-order valence-electron chi connectivity index (χ1n) is 20.6. The summed E-state index contributed by atoms with van der Waals surface area (Å²) < 4.78 is 20.4. The number of allylic oxidation sites excluding steroid dienone is 1. The summed E-state index contributed by atoms with van der Waals surface area (Å²) in [5.74, 6) is 0.973. The van der Waals surface area contributed by atoms with Gasteiger partial charge in [-0.15, -0.1) is 6.58 Å². The summed E-state index contributed by atoms with van der Waals surface area (Å²) in [5.41, 5.74) is 5.07. The fourth-order valence-corrected chi connectivity index (χ4v) is 6.90. The Labute approximate surface area is 368 Å². The highest BCUT2D eigenvalue weighted by Gasteiger charge is 2.22. The van der Waals surface area contributed by atoms with Crippen molar-refractivity contribution in [3.8, 4) is 11.5 Å². The van der Waals surface area contributed by atoms with Crippen LogP contribution in [0.5, 0.6) is 11.5 Å². The van der Waals surface area contributed by atoms with Crippen LogP contribution in [0.1, 0.15) is 82.0 Å². The molecule has 12 nitrogen and oxygen atoms in total. The third-order valence-corrected chi connectivity index (χ3v) is 9.91. The molecule has 0 bridgehead atoms. The van der Waals surface area contributed by atoms with Gasteiger partial charge in [0.05, 0.1) is 72.6 Å². The van der Waals surface area contributed by atoms with Crippen LogP contribution >= 0.6 is 0 Å². The fourth-order valence-electron chi connectivity index (χ4n) is 6.90. The molecule has 0 saturated carbocycles. The molecule has 2 N–H and O–H groups in total. The summed E-state index contributed by atoms with van der Waals surface area (Å²) in [6.07, 6.45) is 1.78. The highest BCUT2D eigenvalue weighted by atomic mass is 16.6. The first kappa shape index (κ1) is 53.9. The van der Waals surface area contributed by atoms with Crippen molar-refractivity contribution in [3.63, 3.8) is 0 Å². The number of carboxylic acids is 1. The number of methoxy groups -OCH3 is 2. The van der Waals surface area contributed by atoms with Gasteiger partial charge < -0.3 is 38.6 Å². The number of benzene rings is 4. The number of carbonyl (C=O) groups excluding carboxylic acids is 5. The smallest absolute Gasteiger partial charge is 0.373 e. The van der Waals surface area contributed by atoms with Gasteiger partial charge in [-0.3, -0.25) is 0 Å². The lowest BCUT2D eigenvalue weighted by Crippen LogP contribution is -3.06. The van der Waals surface area contributed by atoms with Crippen LogP contribution in [0.4, 0.5) is 0 Å². The van der Waals surface area contributed by atoms with E-state index in [-0.39, 0.29) is 17.3 Å². The minimum absolute atomic E-state index is 0.196. The SMILES string of the molecule is C=C[C@@H](c1cccc(OC)c1)[C@@H](C)C[NH+](C)C.CC[C@@H](c1cccc(OC)c1)[C@@H](C)C[NH+](C)C.Cc1ccc(C(=O)OC[C@@H](OC(=O)c2ccc(C)cc2)C(=O)[O-])cc1.O=C=O. The molecule has 0 heterocycles. The number of carbonyl (C=O) groups is 3. The van der Waals surface area contributed by atoms with E-state index >= 15 is 0 Å². The van der Waals surface area contributed by atoms with E-state index in [9.17, 15) is 19.5 Å². The van der Waals surface area contributed by atoms with Crippen molar-refractivity contribution in [1.29, 1.82) is 0 Å². The summed E-state index contributed by atoms with van der Waals surface area (Å²) in [5, 5.41) is 11.1. The molecule has 4 aromatic rings. The highest BCUT2D eigenvalue weighted by molar-refractivity contribution is 5.92. The number of aryl methyl sites for hydroxylation is 2. The lowest BCUT2D eigenvalue weighted by Gasteiger charge is -2.24. The van der Waals surface area contributed by atoms with E-state index in [1.807, 2.05) is 38.1 Å². The second-order valence-electron chi connectivity index (χ2n) is 15.7. The molecule has 4 aromatic carbocycles.